The van der Waals surface area contributed by atoms with Crippen molar-refractivity contribution in [2.24, 2.45) is 0 Å². The van der Waals surface area contributed by atoms with Crippen LogP contribution in [0.25, 0.3) is 5.57 Å². The van der Waals surface area contributed by atoms with Crippen LogP contribution in [0.1, 0.15) is 18.2 Å². The lowest BCUT2D eigenvalue weighted by molar-refractivity contribution is -0.134. The van der Waals surface area contributed by atoms with E-state index in [0.717, 1.165) is 10.7 Å². The van der Waals surface area contributed by atoms with Gasteiger partial charge in [0.15, 0.2) is 0 Å². The Morgan fingerprint density at radius 2 is 1.88 bits per heavy atom. The molecule has 0 bridgehead atoms. The average Bonchev–Trinajstić information content (AvgIpc) is 3.17. The molecule has 1 aliphatic heterocycles. The number of carbonyl (C=O) groups is 3. The third kappa shape index (κ3) is 3.51. The molecule has 1 aliphatic rings. The number of nitrogens with one attached hydrogen (secondary N) is 1. The first kappa shape index (κ1) is 17.0. The summed E-state index contributed by atoms with van der Waals surface area (Å²) in [5.41, 5.74) is 1.64. The minimum absolute atomic E-state index is 0.173. The number of amides is 3. The van der Waals surface area contributed by atoms with E-state index < -0.39 is 0 Å². The molecule has 0 saturated carbocycles. The highest BCUT2D eigenvalue weighted by Crippen LogP contribution is 2.37. The number of furan rings is 1. The number of anilines is 1. The summed E-state index contributed by atoms with van der Waals surface area (Å²) in [5, 5.41) is 2.67. The fourth-order valence-electron chi connectivity index (χ4n) is 2.47. The Kier molecular flexibility index (Phi) is 4.76. The van der Waals surface area contributed by atoms with Crippen LogP contribution < -0.4 is 5.32 Å². The maximum Gasteiger partial charge on any atom is 0.267 e. The lowest BCUT2D eigenvalue weighted by Gasteiger charge is -2.07. The zero-order valence-electron chi connectivity index (χ0n) is 13.7. The van der Waals surface area contributed by atoms with Crippen LogP contribution >= 0.6 is 11.8 Å². The highest BCUT2D eigenvalue weighted by molar-refractivity contribution is 8.03. The average molecular weight is 356 g/mol. The van der Waals surface area contributed by atoms with Crippen LogP contribution in [0.15, 0.2) is 52.0 Å². The maximum atomic E-state index is 12.5. The minimum Gasteiger partial charge on any atom is -0.468 e. The number of likely N-dealkylation sites (N-methyl/N-ethyl adjacent to an activating group) is 1. The fraction of sp³-hybridized carbons (Fsp3) is 0.167. The second-order valence-electron chi connectivity index (χ2n) is 5.50. The normalized spacial score (nSPS) is 14.4. The number of imide groups is 1. The summed E-state index contributed by atoms with van der Waals surface area (Å²) in [6.07, 6.45) is 1.57. The van der Waals surface area contributed by atoms with E-state index in [4.69, 9.17) is 4.42 Å². The van der Waals surface area contributed by atoms with E-state index in [2.05, 4.69) is 5.32 Å². The number of benzene rings is 1. The van der Waals surface area contributed by atoms with Gasteiger partial charge in [-0.05, 0) is 29.8 Å². The van der Waals surface area contributed by atoms with E-state index in [0.29, 0.717) is 27.5 Å². The Bertz CT molecular complexity index is 854. The molecule has 25 heavy (non-hydrogen) atoms. The summed E-state index contributed by atoms with van der Waals surface area (Å²) in [6, 6.07) is 10.4. The Morgan fingerprint density at radius 1 is 1.16 bits per heavy atom. The molecule has 3 amide bonds. The highest BCUT2D eigenvalue weighted by atomic mass is 32.2. The predicted octanol–water partition coefficient (Wildman–Crippen LogP) is 2.88. The molecule has 0 atom stereocenters. The Hall–Kier alpha value is -2.80. The molecule has 1 aromatic carbocycles. The van der Waals surface area contributed by atoms with Crippen molar-refractivity contribution in [3.63, 3.8) is 0 Å². The van der Waals surface area contributed by atoms with E-state index >= 15 is 0 Å². The standard InChI is InChI=1S/C18H16N2O4S/c1-11(21)19-13-7-5-12(6-8-13)15-16(18(23)20(2)17(15)22)25-10-14-4-3-9-24-14/h3-9H,10H2,1-2H3,(H,19,21). The van der Waals surface area contributed by atoms with Gasteiger partial charge in [-0.25, -0.2) is 0 Å². The first-order valence-electron chi connectivity index (χ1n) is 7.57. The molecule has 1 N–H and O–H groups in total. The van der Waals surface area contributed by atoms with Crippen LogP contribution in [0.3, 0.4) is 0 Å². The fourth-order valence-corrected chi connectivity index (χ4v) is 3.53. The van der Waals surface area contributed by atoms with Gasteiger partial charge in [-0.15, -0.1) is 11.8 Å². The van der Waals surface area contributed by atoms with Crippen molar-refractivity contribution >= 4 is 40.7 Å². The van der Waals surface area contributed by atoms with Gasteiger partial charge in [0.1, 0.15) is 5.76 Å². The first-order valence-corrected chi connectivity index (χ1v) is 8.56. The number of carbonyl (C=O) groups excluding carboxylic acids is 3. The van der Waals surface area contributed by atoms with Gasteiger partial charge >= 0.3 is 0 Å². The molecule has 0 aliphatic carbocycles. The van der Waals surface area contributed by atoms with Gasteiger partial charge in [0.25, 0.3) is 11.8 Å². The molecular weight excluding hydrogens is 340 g/mol. The first-order chi connectivity index (χ1) is 12.0. The Labute approximate surface area is 148 Å². The van der Waals surface area contributed by atoms with Gasteiger partial charge in [-0.3, -0.25) is 19.3 Å². The van der Waals surface area contributed by atoms with E-state index in [1.807, 2.05) is 6.07 Å². The second kappa shape index (κ2) is 6.98. The molecule has 128 valence electrons. The maximum absolute atomic E-state index is 12.5. The third-order valence-electron chi connectivity index (χ3n) is 3.68. The molecule has 0 saturated heterocycles. The monoisotopic (exact) mass is 356 g/mol. The third-order valence-corrected chi connectivity index (χ3v) is 4.77. The Morgan fingerprint density at radius 3 is 2.48 bits per heavy atom. The minimum atomic E-state index is -0.334. The van der Waals surface area contributed by atoms with E-state index in [1.165, 1.54) is 25.7 Å². The molecule has 0 spiro atoms. The number of nitrogens with zero attached hydrogens (tertiary/aromatic N) is 1. The molecular formula is C18H16N2O4S. The van der Waals surface area contributed by atoms with Gasteiger partial charge in [-0.1, -0.05) is 12.1 Å². The van der Waals surface area contributed by atoms with Crippen LogP contribution in [0.4, 0.5) is 5.69 Å². The summed E-state index contributed by atoms with van der Waals surface area (Å²) in [5.74, 6) is 0.366. The lowest BCUT2D eigenvalue weighted by Crippen LogP contribution is -2.26. The van der Waals surface area contributed by atoms with Crippen LogP contribution in [-0.4, -0.2) is 29.7 Å². The van der Waals surface area contributed by atoms with Crippen LogP contribution in [0.2, 0.25) is 0 Å². The van der Waals surface area contributed by atoms with Crippen LogP contribution in [0, 0.1) is 0 Å². The topological polar surface area (TPSA) is 79.6 Å². The molecule has 0 radical (unpaired) electrons. The molecule has 1 aromatic heterocycles. The number of thioether (sulfide) groups is 1. The molecule has 0 unspecified atom stereocenters. The second-order valence-corrected chi connectivity index (χ2v) is 6.49. The van der Waals surface area contributed by atoms with Crippen molar-refractivity contribution in [1.29, 1.82) is 0 Å². The van der Waals surface area contributed by atoms with Gasteiger partial charge in [-0.2, -0.15) is 0 Å². The number of hydrogen-bond donors (Lipinski definition) is 1. The molecule has 2 aromatic rings. The van der Waals surface area contributed by atoms with Crippen LogP contribution in [0.5, 0.6) is 0 Å². The van der Waals surface area contributed by atoms with Crippen molar-refractivity contribution in [3.8, 4) is 0 Å². The summed E-state index contributed by atoms with van der Waals surface area (Å²) >= 11 is 1.28. The zero-order chi connectivity index (χ0) is 18.0. The van der Waals surface area contributed by atoms with Gasteiger partial charge in [0.05, 0.1) is 22.5 Å². The highest BCUT2D eigenvalue weighted by Gasteiger charge is 2.36. The van der Waals surface area contributed by atoms with E-state index in [9.17, 15) is 14.4 Å². The summed E-state index contributed by atoms with van der Waals surface area (Å²) in [6.45, 7) is 1.42. The van der Waals surface area contributed by atoms with Crippen molar-refractivity contribution in [3.05, 3.63) is 58.9 Å². The van der Waals surface area contributed by atoms with Crippen molar-refractivity contribution in [2.45, 2.75) is 12.7 Å². The van der Waals surface area contributed by atoms with E-state index in [-0.39, 0.29) is 17.7 Å². The van der Waals surface area contributed by atoms with Crippen molar-refractivity contribution < 1.29 is 18.8 Å². The quantitative estimate of drug-likeness (QED) is 0.834. The molecule has 0 fully saturated rings. The molecule has 6 nitrogen and oxygen atoms in total. The summed E-state index contributed by atoms with van der Waals surface area (Å²) in [7, 11) is 1.47. The summed E-state index contributed by atoms with van der Waals surface area (Å²) in [4.78, 5) is 37.5. The van der Waals surface area contributed by atoms with Crippen LogP contribution in [-0.2, 0) is 20.1 Å². The number of rotatable bonds is 5. The summed E-state index contributed by atoms with van der Waals surface area (Å²) < 4.78 is 5.28. The van der Waals surface area contributed by atoms with Crippen molar-refractivity contribution in [1.82, 2.24) is 4.90 Å². The van der Waals surface area contributed by atoms with Gasteiger partial charge in [0.2, 0.25) is 5.91 Å². The Balaban J connectivity index is 1.91. The molecule has 7 heteroatoms. The molecule has 3 rings (SSSR count). The van der Waals surface area contributed by atoms with Gasteiger partial charge in [0, 0.05) is 19.7 Å². The number of hydrogen-bond acceptors (Lipinski definition) is 5. The largest absolute Gasteiger partial charge is 0.468 e. The van der Waals surface area contributed by atoms with E-state index in [1.54, 1.807) is 36.6 Å². The zero-order valence-corrected chi connectivity index (χ0v) is 14.6. The smallest absolute Gasteiger partial charge is 0.267 e. The van der Waals surface area contributed by atoms with Crippen molar-refractivity contribution in [2.75, 3.05) is 12.4 Å². The van der Waals surface area contributed by atoms with Gasteiger partial charge < -0.3 is 9.73 Å². The predicted molar refractivity (Wildman–Crippen MR) is 95.4 cm³/mol. The lowest BCUT2D eigenvalue weighted by atomic mass is 10.1. The molecule has 2 heterocycles. The SMILES string of the molecule is CC(=O)Nc1ccc(C2=C(SCc3ccco3)C(=O)N(C)C2=O)cc1.